The summed E-state index contributed by atoms with van der Waals surface area (Å²) >= 11 is 0. The molecule has 0 fully saturated rings. The molecule has 0 bridgehead atoms. The van der Waals surface area contributed by atoms with Crippen molar-refractivity contribution in [2.24, 2.45) is 0 Å². The quantitative estimate of drug-likeness (QED) is 0.627. The second-order valence-corrected chi connectivity index (χ2v) is 3.91. The van der Waals surface area contributed by atoms with Gasteiger partial charge in [0.2, 0.25) is 0 Å². The van der Waals surface area contributed by atoms with Crippen molar-refractivity contribution in [1.29, 1.82) is 0 Å². The van der Waals surface area contributed by atoms with Crippen LogP contribution in [0.15, 0.2) is 24.8 Å². The van der Waals surface area contributed by atoms with Crippen LogP contribution in [0.1, 0.15) is 18.9 Å². The lowest BCUT2D eigenvalue weighted by Crippen LogP contribution is -2.29. The zero-order valence-corrected chi connectivity index (χ0v) is 9.53. The fourth-order valence-electron chi connectivity index (χ4n) is 1.80. The third-order valence-electron chi connectivity index (χ3n) is 2.77. The van der Waals surface area contributed by atoms with Crippen LogP contribution in [-0.2, 0) is 6.42 Å². The molecule has 1 aliphatic heterocycles. The highest BCUT2D eigenvalue weighted by Gasteiger charge is 2.23. The molecule has 0 saturated carbocycles. The molecule has 0 radical (unpaired) electrons. The zero-order valence-electron chi connectivity index (χ0n) is 9.53. The summed E-state index contributed by atoms with van der Waals surface area (Å²) < 4.78 is 11.5. The summed E-state index contributed by atoms with van der Waals surface area (Å²) in [6, 6.07) is 3.72. The van der Waals surface area contributed by atoms with Crippen LogP contribution in [0.4, 0.5) is 5.69 Å². The van der Waals surface area contributed by atoms with Crippen molar-refractivity contribution in [3.63, 3.8) is 0 Å². The molecule has 0 aromatic heterocycles. The van der Waals surface area contributed by atoms with Crippen molar-refractivity contribution in [3.05, 3.63) is 30.4 Å². The van der Waals surface area contributed by atoms with Gasteiger partial charge in [-0.3, -0.25) is 0 Å². The summed E-state index contributed by atoms with van der Waals surface area (Å²) in [5.41, 5.74) is 7.65. The zero-order chi connectivity index (χ0) is 11.5. The van der Waals surface area contributed by atoms with Gasteiger partial charge in [0.15, 0.2) is 11.5 Å². The molecular weight excluding hydrogens is 202 g/mol. The van der Waals surface area contributed by atoms with Crippen LogP contribution in [0, 0.1) is 0 Å². The van der Waals surface area contributed by atoms with E-state index in [9.17, 15) is 0 Å². The minimum atomic E-state index is 0.123. The minimum absolute atomic E-state index is 0.123. The lowest BCUT2D eigenvalue weighted by molar-refractivity contribution is 0.0874. The Morgan fingerprint density at radius 2 is 2.38 bits per heavy atom. The number of allylic oxidation sites excluding steroid dienone is 1. The van der Waals surface area contributed by atoms with Crippen molar-refractivity contribution < 1.29 is 9.47 Å². The number of nitrogens with two attached hydrogens (primary N) is 1. The summed E-state index contributed by atoms with van der Waals surface area (Å²) in [7, 11) is 0. The largest absolute Gasteiger partial charge is 0.486 e. The maximum atomic E-state index is 5.93. The summed E-state index contributed by atoms with van der Waals surface area (Å²) in [5, 5.41) is 0. The van der Waals surface area contributed by atoms with Crippen LogP contribution in [-0.4, -0.2) is 12.7 Å². The van der Waals surface area contributed by atoms with Crippen molar-refractivity contribution in [2.45, 2.75) is 25.9 Å². The molecule has 2 rings (SSSR count). The maximum Gasteiger partial charge on any atom is 0.167 e. The predicted octanol–water partition coefficient (Wildman–Crippen LogP) is 2.55. The SMILES string of the molecule is C=CCc1c(N)ccc2c1OC(CC)CO2. The lowest BCUT2D eigenvalue weighted by Gasteiger charge is -2.28. The average molecular weight is 219 g/mol. The average Bonchev–Trinajstić information content (AvgIpc) is 2.32. The van der Waals surface area contributed by atoms with Crippen molar-refractivity contribution >= 4 is 5.69 Å². The fourth-order valence-corrected chi connectivity index (χ4v) is 1.80. The van der Waals surface area contributed by atoms with E-state index in [0.717, 1.165) is 29.2 Å². The van der Waals surface area contributed by atoms with Gasteiger partial charge in [-0.1, -0.05) is 13.0 Å². The normalized spacial score (nSPS) is 18.2. The predicted molar refractivity (Wildman–Crippen MR) is 65.0 cm³/mol. The smallest absolute Gasteiger partial charge is 0.167 e. The number of rotatable bonds is 3. The third kappa shape index (κ3) is 1.85. The van der Waals surface area contributed by atoms with E-state index in [1.807, 2.05) is 18.2 Å². The number of hydrogen-bond donors (Lipinski definition) is 1. The Labute approximate surface area is 95.9 Å². The first-order valence-electron chi connectivity index (χ1n) is 5.58. The van der Waals surface area contributed by atoms with Gasteiger partial charge in [0.25, 0.3) is 0 Å². The number of anilines is 1. The first-order valence-corrected chi connectivity index (χ1v) is 5.58. The summed E-state index contributed by atoms with van der Waals surface area (Å²) in [6.45, 7) is 6.43. The first-order chi connectivity index (χ1) is 7.76. The second-order valence-electron chi connectivity index (χ2n) is 3.91. The number of benzene rings is 1. The van der Waals surface area contributed by atoms with E-state index in [0.29, 0.717) is 13.0 Å². The molecule has 1 unspecified atom stereocenters. The highest BCUT2D eigenvalue weighted by molar-refractivity contribution is 5.61. The molecule has 3 nitrogen and oxygen atoms in total. The summed E-state index contributed by atoms with van der Waals surface area (Å²) in [6.07, 6.45) is 3.58. The molecule has 1 aromatic carbocycles. The Hall–Kier alpha value is -1.64. The molecule has 2 N–H and O–H groups in total. The van der Waals surface area contributed by atoms with Gasteiger partial charge in [0.1, 0.15) is 12.7 Å². The molecule has 16 heavy (non-hydrogen) atoms. The highest BCUT2D eigenvalue weighted by Crippen LogP contribution is 2.39. The van der Waals surface area contributed by atoms with E-state index in [2.05, 4.69) is 13.5 Å². The molecule has 1 atom stereocenters. The third-order valence-corrected chi connectivity index (χ3v) is 2.77. The van der Waals surface area contributed by atoms with Gasteiger partial charge in [-0.05, 0) is 25.0 Å². The molecule has 0 spiro atoms. The van der Waals surface area contributed by atoms with Crippen molar-refractivity contribution in [2.75, 3.05) is 12.3 Å². The molecule has 0 aliphatic carbocycles. The van der Waals surface area contributed by atoms with E-state index >= 15 is 0 Å². The Morgan fingerprint density at radius 3 is 3.06 bits per heavy atom. The van der Waals surface area contributed by atoms with Crippen LogP contribution in [0.2, 0.25) is 0 Å². The monoisotopic (exact) mass is 219 g/mol. The van der Waals surface area contributed by atoms with Crippen LogP contribution in [0.25, 0.3) is 0 Å². The Kier molecular flexibility index (Phi) is 3.04. The maximum absolute atomic E-state index is 5.93. The number of nitrogen functional groups attached to an aromatic ring is 1. The van der Waals surface area contributed by atoms with Crippen LogP contribution < -0.4 is 15.2 Å². The van der Waals surface area contributed by atoms with Gasteiger partial charge in [-0.25, -0.2) is 0 Å². The van der Waals surface area contributed by atoms with Crippen molar-refractivity contribution in [1.82, 2.24) is 0 Å². The number of hydrogen-bond acceptors (Lipinski definition) is 3. The van der Waals surface area contributed by atoms with Crippen molar-refractivity contribution in [3.8, 4) is 11.5 Å². The second kappa shape index (κ2) is 4.47. The molecular formula is C13H17NO2. The van der Waals surface area contributed by atoms with Gasteiger partial charge in [-0.2, -0.15) is 0 Å². The molecule has 1 heterocycles. The standard InChI is InChI=1S/C13H17NO2/c1-3-5-10-11(14)6-7-12-13(10)16-9(4-2)8-15-12/h3,6-7,9H,1,4-5,8,14H2,2H3. The minimum Gasteiger partial charge on any atom is -0.486 e. The first kappa shape index (κ1) is 10.9. The Morgan fingerprint density at radius 1 is 1.56 bits per heavy atom. The van der Waals surface area contributed by atoms with Gasteiger partial charge in [0, 0.05) is 11.3 Å². The van der Waals surface area contributed by atoms with Gasteiger partial charge in [0.05, 0.1) is 0 Å². The number of fused-ring (bicyclic) bond motifs is 1. The molecule has 1 aliphatic rings. The van der Waals surface area contributed by atoms with Crippen LogP contribution in [0.3, 0.4) is 0 Å². The van der Waals surface area contributed by atoms with E-state index < -0.39 is 0 Å². The highest BCUT2D eigenvalue weighted by atomic mass is 16.6. The molecule has 0 saturated heterocycles. The van der Waals surface area contributed by atoms with E-state index in [1.165, 1.54) is 0 Å². The molecule has 3 heteroatoms. The van der Waals surface area contributed by atoms with E-state index in [-0.39, 0.29) is 6.10 Å². The van der Waals surface area contributed by atoms with Crippen LogP contribution in [0.5, 0.6) is 11.5 Å². The molecule has 86 valence electrons. The van der Waals surface area contributed by atoms with Gasteiger partial charge < -0.3 is 15.2 Å². The Balaban J connectivity index is 2.40. The lowest BCUT2D eigenvalue weighted by atomic mass is 10.1. The fraction of sp³-hybridized carbons (Fsp3) is 0.385. The van der Waals surface area contributed by atoms with Gasteiger partial charge in [-0.15, -0.1) is 6.58 Å². The van der Waals surface area contributed by atoms with E-state index in [1.54, 1.807) is 0 Å². The number of ether oxygens (including phenoxy) is 2. The molecule has 0 amide bonds. The van der Waals surface area contributed by atoms with Crippen LogP contribution >= 0.6 is 0 Å². The van der Waals surface area contributed by atoms with E-state index in [4.69, 9.17) is 15.2 Å². The van der Waals surface area contributed by atoms with Gasteiger partial charge >= 0.3 is 0 Å². The Bertz CT molecular complexity index is 401. The molecule has 1 aromatic rings. The summed E-state index contributed by atoms with van der Waals surface area (Å²) in [4.78, 5) is 0. The topological polar surface area (TPSA) is 44.5 Å². The summed E-state index contributed by atoms with van der Waals surface area (Å²) in [5.74, 6) is 1.58.